The van der Waals surface area contributed by atoms with Gasteiger partial charge in [0.25, 0.3) is 5.91 Å². The molecule has 0 aromatic carbocycles. The first kappa shape index (κ1) is 13.9. The SMILES string of the molecule is CNC(=O)NC(=O)C(C)Oc1ccc(CO)nc1. The molecule has 0 saturated carbocycles. The second-order valence-electron chi connectivity index (χ2n) is 3.47. The minimum atomic E-state index is -0.830. The Morgan fingerprint density at radius 2 is 2.22 bits per heavy atom. The summed E-state index contributed by atoms with van der Waals surface area (Å²) in [5.74, 6) is -0.174. The van der Waals surface area contributed by atoms with Gasteiger partial charge in [-0.15, -0.1) is 0 Å². The van der Waals surface area contributed by atoms with E-state index in [1.54, 1.807) is 12.1 Å². The van der Waals surface area contributed by atoms with Crippen LogP contribution in [0, 0.1) is 0 Å². The molecule has 0 fully saturated rings. The third-order valence-corrected chi connectivity index (χ3v) is 2.11. The molecule has 0 aliphatic heterocycles. The van der Waals surface area contributed by atoms with Gasteiger partial charge in [0.15, 0.2) is 6.10 Å². The van der Waals surface area contributed by atoms with Crippen LogP contribution in [-0.2, 0) is 11.4 Å². The fourth-order valence-electron chi connectivity index (χ4n) is 1.11. The minimum Gasteiger partial charge on any atom is -0.479 e. The summed E-state index contributed by atoms with van der Waals surface area (Å²) < 4.78 is 5.28. The van der Waals surface area contributed by atoms with Gasteiger partial charge in [0.2, 0.25) is 0 Å². The Morgan fingerprint density at radius 3 is 2.72 bits per heavy atom. The second-order valence-corrected chi connectivity index (χ2v) is 3.47. The molecule has 1 unspecified atom stereocenters. The van der Waals surface area contributed by atoms with E-state index in [1.807, 2.05) is 0 Å². The third-order valence-electron chi connectivity index (χ3n) is 2.11. The van der Waals surface area contributed by atoms with E-state index in [2.05, 4.69) is 15.6 Å². The Hall–Kier alpha value is -2.15. The molecule has 1 atom stereocenters. The first-order valence-corrected chi connectivity index (χ1v) is 5.32. The Morgan fingerprint density at radius 1 is 1.50 bits per heavy atom. The van der Waals surface area contributed by atoms with Crippen LogP contribution in [0.1, 0.15) is 12.6 Å². The van der Waals surface area contributed by atoms with Crippen molar-refractivity contribution in [2.45, 2.75) is 19.6 Å². The molecule has 0 aliphatic rings. The van der Waals surface area contributed by atoms with Crippen molar-refractivity contribution in [3.05, 3.63) is 24.0 Å². The number of amides is 3. The van der Waals surface area contributed by atoms with Gasteiger partial charge < -0.3 is 15.2 Å². The third kappa shape index (κ3) is 4.02. The molecule has 7 heteroatoms. The zero-order valence-electron chi connectivity index (χ0n) is 10.1. The number of pyridine rings is 1. The lowest BCUT2D eigenvalue weighted by Crippen LogP contribution is -2.43. The average molecular weight is 253 g/mol. The summed E-state index contributed by atoms with van der Waals surface area (Å²) in [6.45, 7) is 1.35. The van der Waals surface area contributed by atoms with Gasteiger partial charge in [-0.1, -0.05) is 0 Å². The van der Waals surface area contributed by atoms with Gasteiger partial charge in [0.1, 0.15) is 5.75 Å². The number of aromatic nitrogens is 1. The summed E-state index contributed by atoms with van der Waals surface area (Å²) in [6, 6.07) is 2.57. The number of rotatable bonds is 4. The topological polar surface area (TPSA) is 101 Å². The summed E-state index contributed by atoms with van der Waals surface area (Å²) in [5.41, 5.74) is 0.504. The van der Waals surface area contributed by atoms with Crippen LogP contribution in [0.4, 0.5) is 4.79 Å². The minimum absolute atomic E-state index is 0.160. The van der Waals surface area contributed by atoms with Crippen molar-refractivity contribution in [1.82, 2.24) is 15.6 Å². The molecular weight excluding hydrogens is 238 g/mol. The highest BCUT2D eigenvalue weighted by Crippen LogP contribution is 2.11. The molecule has 0 bridgehead atoms. The number of hydrogen-bond acceptors (Lipinski definition) is 5. The normalized spacial score (nSPS) is 11.5. The van der Waals surface area contributed by atoms with Crippen LogP contribution in [0.2, 0.25) is 0 Å². The first-order valence-electron chi connectivity index (χ1n) is 5.32. The van der Waals surface area contributed by atoms with E-state index in [0.29, 0.717) is 11.4 Å². The fraction of sp³-hybridized carbons (Fsp3) is 0.364. The van der Waals surface area contributed by atoms with Crippen LogP contribution in [0.3, 0.4) is 0 Å². The van der Waals surface area contributed by atoms with Gasteiger partial charge in [-0.3, -0.25) is 15.1 Å². The van der Waals surface area contributed by atoms with Crippen LogP contribution in [0.15, 0.2) is 18.3 Å². The molecule has 1 aromatic rings. The van der Waals surface area contributed by atoms with Crippen LogP contribution in [0.5, 0.6) is 5.75 Å². The maximum Gasteiger partial charge on any atom is 0.321 e. The summed E-state index contributed by atoms with van der Waals surface area (Å²) in [5, 5.41) is 13.2. The van der Waals surface area contributed by atoms with E-state index < -0.39 is 18.0 Å². The zero-order valence-corrected chi connectivity index (χ0v) is 10.1. The van der Waals surface area contributed by atoms with Crippen LogP contribution in [0.25, 0.3) is 0 Å². The highest BCUT2D eigenvalue weighted by atomic mass is 16.5. The number of urea groups is 1. The molecule has 0 radical (unpaired) electrons. The maximum absolute atomic E-state index is 11.5. The quantitative estimate of drug-likeness (QED) is 0.689. The van der Waals surface area contributed by atoms with Crippen molar-refractivity contribution in [2.24, 2.45) is 0 Å². The zero-order chi connectivity index (χ0) is 13.5. The van der Waals surface area contributed by atoms with Crippen molar-refractivity contribution < 1.29 is 19.4 Å². The molecule has 1 aromatic heterocycles. The summed E-state index contributed by atoms with van der Waals surface area (Å²) in [4.78, 5) is 26.3. The lowest BCUT2D eigenvalue weighted by Gasteiger charge is -2.13. The van der Waals surface area contributed by atoms with E-state index in [0.717, 1.165) is 0 Å². The molecule has 3 N–H and O–H groups in total. The number of ether oxygens (including phenoxy) is 1. The highest BCUT2D eigenvalue weighted by Gasteiger charge is 2.16. The second kappa shape index (κ2) is 6.55. The number of carbonyl (C=O) groups is 2. The number of carbonyl (C=O) groups excluding carboxylic acids is 2. The smallest absolute Gasteiger partial charge is 0.321 e. The highest BCUT2D eigenvalue weighted by molar-refractivity contribution is 5.96. The summed E-state index contributed by atoms with van der Waals surface area (Å²) in [6.07, 6.45) is 0.568. The Kier molecular flexibility index (Phi) is 5.06. The van der Waals surface area contributed by atoms with Crippen molar-refractivity contribution in [3.8, 4) is 5.75 Å². The lowest BCUT2D eigenvalue weighted by molar-refractivity contribution is -0.126. The van der Waals surface area contributed by atoms with Crippen LogP contribution >= 0.6 is 0 Å². The van der Waals surface area contributed by atoms with E-state index in [9.17, 15) is 9.59 Å². The molecule has 18 heavy (non-hydrogen) atoms. The molecule has 1 heterocycles. The molecular formula is C11H15N3O4. The molecule has 0 aliphatic carbocycles. The van der Waals surface area contributed by atoms with Gasteiger partial charge in [-0.05, 0) is 19.1 Å². The number of aliphatic hydroxyl groups excluding tert-OH is 1. The van der Waals surface area contributed by atoms with Crippen molar-refractivity contribution in [3.63, 3.8) is 0 Å². The Labute approximate surface area is 104 Å². The number of nitrogens with zero attached hydrogens (tertiary/aromatic N) is 1. The van der Waals surface area contributed by atoms with Gasteiger partial charge in [0.05, 0.1) is 18.5 Å². The van der Waals surface area contributed by atoms with E-state index in [1.165, 1.54) is 20.2 Å². The number of hydrogen-bond donors (Lipinski definition) is 3. The summed E-state index contributed by atoms with van der Waals surface area (Å²) in [7, 11) is 1.41. The van der Waals surface area contributed by atoms with Gasteiger partial charge in [-0.25, -0.2) is 4.79 Å². The van der Waals surface area contributed by atoms with Gasteiger partial charge in [0, 0.05) is 7.05 Å². The monoisotopic (exact) mass is 253 g/mol. The maximum atomic E-state index is 11.5. The Balaban J connectivity index is 2.55. The predicted molar refractivity (Wildman–Crippen MR) is 62.8 cm³/mol. The van der Waals surface area contributed by atoms with Crippen LogP contribution in [-0.4, -0.2) is 35.2 Å². The summed E-state index contributed by atoms with van der Waals surface area (Å²) >= 11 is 0. The average Bonchev–Trinajstić information content (AvgIpc) is 2.39. The lowest BCUT2D eigenvalue weighted by atomic mass is 10.3. The first-order chi connectivity index (χ1) is 8.56. The fourth-order valence-corrected chi connectivity index (χ4v) is 1.11. The van der Waals surface area contributed by atoms with Crippen molar-refractivity contribution >= 4 is 11.9 Å². The standard InChI is InChI=1S/C11H15N3O4/c1-7(10(16)14-11(17)12-2)18-9-4-3-8(6-15)13-5-9/h3-5,7,15H,6H2,1-2H3,(H2,12,14,16,17). The molecule has 1 rings (SSSR count). The van der Waals surface area contributed by atoms with Crippen molar-refractivity contribution in [2.75, 3.05) is 7.05 Å². The number of imide groups is 1. The van der Waals surface area contributed by atoms with E-state index in [4.69, 9.17) is 9.84 Å². The molecule has 0 spiro atoms. The molecule has 7 nitrogen and oxygen atoms in total. The van der Waals surface area contributed by atoms with Crippen molar-refractivity contribution in [1.29, 1.82) is 0 Å². The number of aliphatic hydroxyl groups is 1. The van der Waals surface area contributed by atoms with Gasteiger partial charge >= 0.3 is 6.03 Å². The molecule has 98 valence electrons. The molecule has 0 saturated heterocycles. The van der Waals surface area contributed by atoms with E-state index >= 15 is 0 Å². The molecule has 3 amide bonds. The largest absolute Gasteiger partial charge is 0.479 e. The van der Waals surface area contributed by atoms with Gasteiger partial charge in [-0.2, -0.15) is 0 Å². The Bertz CT molecular complexity index is 419. The number of nitrogens with one attached hydrogen (secondary N) is 2. The predicted octanol–water partition coefficient (Wildman–Crippen LogP) is -0.203. The van der Waals surface area contributed by atoms with E-state index in [-0.39, 0.29) is 6.61 Å². The van der Waals surface area contributed by atoms with Crippen LogP contribution < -0.4 is 15.4 Å².